The number of nitrogens with one attached hydrogen (secondary N) is 1. The topological polar surface area (TPSA) is 43.4 Å². The Balaban J connectivity index is 0.00000128. The Kier molecular flexibility index (Phi) is 4.83. The van der Waals surface area contributed by atoms with E-state index in [9.17, 15) is 0 Å². The van der Waals surface area contributed by atoms with Crippen molar-refractivity contribution in [1.82, 2.24) is 10.3 Å². The molecule has 1 N–H and O–H groups in total. The highest BCUT2D eigenvalue weighted by molar-refractivity contribution is 5.85. The molecule has 0 radical (unpaired) electrons. The molecule has 0 unspecified atom stereocenters. The maximum atomic E-state index is 5.52. The number of pyridine rings is 1. The lowest BCUT2D eigenvalue weighted by Crippen LogP contribution is -2.16. The summed E-state index contributed by atoms with van der Waals surface area (Å²) in [7, 11) is 0. The number of hydrogen-bond acceptors (Lipinski definition) is 4. The van der Waals surface area contributed by atoms with Crippen molar-refractivity contribution in [3.8, 4) is 11.8 Å². The lowest BCUT2D eigenvalue weighted by atomic mass is 10.2. The van der Waals surface area contributed by atoms with E-state index in [1.165, 1.54) is 0 Å². The summed E-state index contributed by atoms with van der Waals surface area (Å²) in [6.07, 6.45) is 0.138. The normalized spacial score (nSPS) is 14.4. The van der Waals surface area contributed by atoms with Crippen molar-refractivity contribution < 1.29 is 9.47 Å². The predicted octanol–water partition coefficient (Wildman–Crippen LogP) is 1.77. The zero-order valence-electron chi connectivity index (χ0n) is 9.53. The fourth-order valence-corrected chi connectivity index (χ4v) is 1.46. The van der Waals surface area contributed by atoms with Gasteiger partial charge >= 0.3 is 0 Å². The molecule has 2 heterocycles. The molecule has 0 spiro atoms. The zero-order valence-corrected chi connectivity index (χ0v) is 10.3. The smallest absolute Gasteiger partial charge is 0.221 e. The third-order valence-electron chi connectivity index (χ3n) is 2.10. The molecule has 0 saturated carbocycles. The molecular weight excluding hydrogens is 228 g/mol. The number of nitrogens with zero attached hydrogens (tertiary/aromatic N) is 1. The van der Waals surface area contributed by atoms with Gasteiger partial charge in [-0.25, -0.2) is 0 Å². The van der Waals surface area contributed by atoms with E-state index in [1.807, 2.05) is 26.0 Å². The van der Waals surface area contributed by atoms with E-state index in [2.05, 4.69) is 10.3 Å². The van der Waals surface area contributed by atoms with Crippen molar-refractivity contribution in [2.75, 3.05) is 13.2 Å². The third-order valence-corrected chi connectivity index (χ3v) is 2.10. The van der Waals surface area contributed by atoms with E-state index in [-0.39, 0.29) is 18.5 Å². The predicted molar refractivity (Wildman–Crippen MR) is 64.5 cm³/mol. The van der Waals surface area contributed by atoms with Crippen molar-refractivity contribution in [3.63, 3.8) is 0 Å². The minimum atomic E-state index is 0. The quantitative estimate of drug-likeness (QED) is 0.861. The van der Waals surface area contributed by atoms with Gasteiger partial charge in [0.25, 0.3) is 0 Å². The van der Waals surface area contributed by atoms with Gasteiger partial charge in [-0.3, -0.25) is 0 Å². The van der Waals surface area contributed by atoms with Crippen molar-refractivity contribution in [2.24, 2.45) is 0 Å². The number of aromatic nitrogens is 1. The van der Waals surface area contributed by atoms with Crippen molar-refractivity contribution in [2.45, 2.75) is 26.5 Å². The van der Waals surface area contributed by atoms with Crippen LogP contribution < -0.4 is 14.8 Å². The molecule has 0 saturated heterocycles. The molecule has 1 aromatic rings. The number of fused-ring (bicyclic) bond motifs is 1. The molecule has 1 aliphatic rings. The SMILES string of the molecule is CC(C)Oc1ccc2c(n1)OCCNC2.Cl. The maximum absolute atomic E-state index is 5.52. The maximum Gasteiger partial charge on any atom is 0.221 e. The van der Waals surface area contributed by atoms with Gasteiger partial charge in [0, 0.05) is 24.7 Å². The van der Waals surface area contributed by atoms with Crippen LogP contribution in [0.25, 0.3) is 0 Å². The highest BCUT2D eigenvalue weighted by Crippen LogP contribution is 2.21. The van der Waals surface area contributed by atoms with Crippen LogP contribution in [-0.2, 0) is 6.54 Å². The molecule has 5 heteroatoms. The first-order valence-corrected chi connectivity index (χ1v) is 5.26. The van der Waals surface area contributed by atoms with Gasteiger partial charge in [0.15, 0.2) is 0 Å². The molecule has 4 nitrogen and oxygen atoms in total. The van der Waals surface area contributed by atoms with Crippen LogP contribution in [0.3, 0.4) is 0 Å². The fraction of sp³-hybridized carbons (Fsp3) is 0.545. The molecule has 0 bridgehead atoms. The van der Waals surface area contributed by atoms with Crippen LogP contribution in [0.15, 0.2) is 12.1 Å². The van der Waals surface area contributed by atoms with Gasteiger partial charge in [-0.05, 0) is 19.9 Å². The van der Waals surface area contributed by atoms with E-state index >= 15 is 0 Å². The Hall–Kier alpha value is -1.00. The second kappa shape index (κ2) is 5.92. The van der Waals surface area contributed by atoms with Gasteiger partial charge in [-0.15, -0.1) is 12.4 Å². The minimum Gasteiger partial charge on any atom is -0.476 e. The lowest BCUT2D eigenvalue weighted by molar-refractivity contribution is 0.227. The lowest BCUT2D eigenvalue weighted by Gasteiger charge is -2.11. The largest absolute Gasteiger partial charge is 0.476 e. The van der Waals surface area contributed by atoms with Crippen LogP contribution in [0.2, 0.25) is 0 Å². The zero-order chi connectivity index (χ0) is 10.7. The monoisotopic (exact) mass is 244 g/mol. The molecule has 16 heavy (non-hydrogen) atoms. The second-order valence-electron chi connectivity index (χ2n) is 3.81. The third kappa shape index (κ3) is 3.25. The molecular formula is C11H17ClN2O2. The average Bonchev–Trinajstić information content (AvgIpc) is 2.41. The summed E-state index contributed by atoms with van der Waals surface area (Å²) >= 11 is 0. The average molecular weight is 245 g/mol. The Labute approximate surface area is 102 Å². The summed E-state index contributed by atoms with van der Waals surface area (Å²) in [5.41, 5.74) is 1.09. The van der Waals surface area contributed by atoms with Crippen LogP contribution in [-0.4, -0.2) is 24.2 Å². The standard InChI is InChI=1S/C11H16N2O2.ClH/c1-8(2)15-10-4-3-9-7-12-5-6-14-11(9)13-10;/h3-4,8,12H,5-7H2,1-2H3;1H. The first kappa shape index (κ1) is 13.1. The van der Waals surface area contributed by atoms with Crippen molar-refractivity contribution in [1.29, 1.82) is 0 Å². The van der Waals surface area contributed by atoms with Crippen molar-refractivity contribution in [3.05, 3.63) is 17.7 Å². The molecule has 1 aromatic heterocycles. The molecule has 0 aliphatic carbocycles. The van der Waals surface area contributed by atoms with Gasteiger partial charge in [-0.2, -0.15) is 4.98 Å². The summed E-state index contributed by atoms with van der Waals surface area (Å²) in [6, 6.07) is 3.88. The van der Waals surface area contributed by atoms with Crippen LogP contribution in [0.1, 0.15) is 19.4 Å². The van der Waals surface area contributed by atoms with Crippen LogP contribution in [0.5, 0.6) is 11.8 Å². The first-order valence-electron chi connectivity index (χ1n) is 5.26. The van der Waals surface area contributed by atoms with Gasteiger partial charge in [0.05, 0.1) is 6.10 Å². The summed E-state index contributed by atoms with van der Waals surface area (Å²) < 4.78 is 11.0. The minimum absolute atomic E-state index is 0. The Bertz CT molecular complexity index is 345. The van der Waals surface area contributed by atoms with Gasteiger partial charge in [0.1, 0.15) is 6.61 Å². The van der Waals surface area contributed by atoms with Crippen LogP contribution in [0.4, 0.5) is 0 Å². The Morgan fingerprint density at radius 2 is 2.25 bits per heavy atom. The van der Waals surface area contributed by atoms with Crippen LogP contribution in [0, 0.1) is 0 Å². The highest BCUT2D eigenvalue weighted by Gasteiger charge is 2.11. The number of hydrogen-bond donors (Lipinski definition) is 1. The van der Waals surface area contributed by atoms with E-state index in [1.54, 1.807) is 0 Å². The summed E-state index contributed by atoms with van der Waals surface area (Å²) in [4.78, 5) is 4.33. The van der Waals surface area contributed by atoms with Gasteiger partial charge in [0.2, 0.25) is 11.8 Å². The number of rotatable bonds is 2. The molecule has 0 amide bonds. The van der Waals surface area contributed by atoms with E-state index in [0.717, 1.165) is 18.7 Å². The summed E-state index contributed by atoms with van der Waals surface area (Å²) in [5, 5.41) is 3.26. The second-order valence-corrected chi connectivity index (χ2v) is 3.81. The summed E-state index contributed by atoms with van der Waals surface area (Å²) in [5.74, 6) is 1.32. The Morgan fingerprint density at radius 1 is 1.44 bits per heavy atom. The van der Waals surface area contributed by atoms with E-state index < -0.39 is 0 Å². The van der Waals surface area contributed by atoms with Gasteiger partial charge in [-0.1, -0.05) is 0 Å². The van der Waals surface area contributed by atoms with E-state index in [0.29, 0.717) is 18.4 Å². The summed E-state index contributed by atoms with van der Waals surface area (Å²) in [6.45, 7) is 6.29. The number of halogens is 1. The van der Waals surface area contributed by atoms with Gasteiger partial charge < -0.3 is 14.8 Å². The highest BCUT2D eigenvalue weighted by atomic mass is 35.5. The molecule has 0 fully saturated rings. The van der Waals surface area contributed by atoms with E-state index in [4.69, 9.17) is 9.47 Å². The van der Waals surface area contributed by atoms with Crippen molar-refractivity contribution >= 4 is 12.4 Å². The van der Waals surface area contributed by atoms with Crippen LogP contribution >= 0.6 is 12.4 Å². The Morgan fingerprint density at radius 3 is 3.00 bits per heavy atom. The first-order chi connectivity index (χ1) is 7.25. The number of ether oxygens (including phenoxy) is 2. The molecule has 1 aliphatic heterocycles. The molecule has 0 atom stereocenters. The molecule has 0 aromatic carbocycles. The molecule has 2 rings (SSSR count). The fourth-order valence-electron chi connectivity index (χ4n) is 1.46. The molecule has 90 valence electrons.